The monoisotopic (exact) mass is 279 g/mol. The Kier molecular flexibility index (Phi) is 4.24. The highest BCUT2D eigenvalue weighted by Crippen LogP contribution is 2.24. The maximum atomic E-state index is 5.96. The Morgan fingerprint density at radius 1 is 1.11 bits per heavy atom. The standard InChI is InChI=1S/C15H22ClN3/c16-14-4-3-5-15(17-14)19-10-6-13(7-11-19)12-18-8-1-2-9-18/h3-5,13H,1-2,6-12H2. The van der Waals surface area contributed by atoms with E-state index in [9.17, 15) is 0 Å². The molecule has 3 nitrogen and oxygen atoms in total. The van der Waals surface area contributed by atoms with Crippen molar-refractivity contribution in [3.8, 4) is 0 Å². The Morgan fingerprint density at radius 3 is 2.53 bits per heavy atom. The van der Waals surface area contributed by atoms with Crippen LogP contribution in [0.2, 0.25) is 5.15 Å². The summed E-state index contributed by atoms with van der Waals surface area (Å²) < 4.78 is 0. The molecule has 0 spiro atoms. The number of hydrogen-bond acceptors (Lipinski definition) is 3. The van der Waals surface area contributed by atoms with Gasteiger partial charge < -0.3 is 9.80 Å². The highest BCUT2D eigenvalue weighted by atomic mass is 35.5. The second-order valence-electron chi connectivity index (χ2n) is 5.76. The Bertz CT molecular complexity index is 410. The van der Waals surface area contributed by atoms with E-state index in [4.69, 9.17) is 11.6 Å². The van der Waals surface area contributed by atoms with E-state index >= 15 is 0 Å². The number of aromatic nitrogens is 1. The summed E-state index contributed by atoms with van der Waals surface area (Å²) in [5.41, 5.74) is 0. The normalized spacial score (nSPS) is 22.1. The molecule has 1 aromatic heterocycles. The zero-order valence-corrected chi connectivity index (χ0v) is 12.1. The lowest BCUT2D eigenvalue weighted by Gasteiger charge is -2.34. The Labute approximate surface area is 120 Å². The van der Waals surface area contributed by atoms with Crippen LogP contribution >= 0.6 is 11.6 Å². The minimum atomic E-state index is 0.594. The van der Waals surface area contributed by atoms with Crippen molar-refractivity contribution >= 4 is 17.4 Å². The van der Waals surface area contributed by atoms with Crippen molar-refractivity contribution in [3.63, 3.8) is 0 Å². The van der Waals surface area contributed by atoms with Gasteiger partial charge in [-0.05, 0) is 56.8 Å². The van der Waals surface area contributed by atoms with Gasteiger partial charge in [-0.15, -0.1) is 0 Å². The molecule has 4 heteroatoms. The number of halogens is 1. The molecule has 2 fully saturated rings. The van der Waals surface area contributed by atoms with Crippen LogP contribution in [0.15, 0.2) is 18.2 Å². The van der Waals surface area contributed by atoms with E-state index in [-0.39, 0.29) is 0 Å². The van der Waals surface area contributed by atoms with Crippen LogP contribution in [0.4, 0.5) is 5.82 Å². The third kappa shape index (κ3) is 3.40. The lowest BCUT2D eigenvalue weighted by Crippen LogP contribution is -2.38. The second kappa shape index (κ2) is 6.10. The van der Waals surface area contributed by atoms with Crippen LogP contribution in [-0.4, -0.2) is 42.6 Å². The zero-order valence-electron chi connectivity index (χ0n) is 11.4. The average molecular weight is 280 g/mol. The number of pyridine rings is 1. The molecule has 1 aromatic rings. The molecule has 0 aliphatic carbocycles. The predicted octanol–water partition coefficient (Wildman–Crippen LogP) is 3.05. The first-order chi connectivity index (χ1) is 9.31. The van der Waals surface area contributed by atoms with Gasteiger partial charge in [0.2, 0.25) is 0 Å². The van der Waals surface area contributed by atoms with E-state index in [1.807, 2.05) is 12.1 Å². The first-order valence-corrected chi connectivity index (χ1v) is 7.79. The molecule has 2 aliphatic rings. The summed E-state index contributed by atoms with van der Waals surface area (Å²) in [5.74, 6) is 1.90. The van der Waals surface area contributed by atoms with E-state index in [0.29, 0.717) is 5.15 Å². The van der Waals surface area contributed by atoms with Crippen LogP contribution in [0.5, 0.6) is 0 Å². The summed E-state index contributed by atoms with van der Waals surface area (Å²) >= 11 is 5.96. The van der Waals surface area contributed by atoms with Crippen molar-refractivity contribution in [2.75, 3.05) is 37.6 Å². The van der Waals surface area contributed by atoms with E-state index in [0.717, 1.165) is 24.8 Å². The van der Waals surface area contributed by atoms with Crippen molar-refractivity contribution in [2.45, 2.75) is 25.7 Å². The Balaban J connectivity index is 1.51. The molecule has 2 aliphatic heterocycles. The molecule has 0 N–H and O–H groups in total. The fraction of sp³-hybridized carbons (Fsp3) is 0.667. The first-order valence-electron chi connectivity index (χ1n) is 7.41. The lowest BCUT2D eigenvalue weighted by atomic mass is 9.96. The molecule has 0 bridgehead atoms. The van der Waals surface area contributed by atoms with Crippen molar-refractivity contribution in [1.82, 2.24) is 9.88 Å². The number of piperidine rings is 1. The van der Waals surface area contributed by atoms with Crippen LogP contribution in [0.3, 0.4) is 0 Å². The zero-order chi connectivity index (χ0) is 13.1. The largest absolute Gasteiger partial charge is 0.357 e. The van der Waals surface area contributed by atoms with Crippen molar-refractivity contribution in [1.29, 1.82) is 0 Å². The Hall–Kier alpha value is -0.800. The minimum absolute atomic E-state index is 0.594. The first kappa shape index (κ1) is 13.2. The van der Waals surface area contributed by atoms with E-state index in [2.05, 4.69) is 20.9 Å². The minimum Gasteiger partial charge on any atom is -0.357 e. The van der Waals surface area contributed by atoms with Gasteiger partial charge in [0, 0.05) is 19.6 Å². The van der Waals surface area contributed by atoms with E-state index in [1.54, 1.807) is 0 Å². The fourth-order valence-corrected chi connectivity index (χ4v) is 3.41. The highest BCUT2D eigenvalue weighted by Gasteiger charge is 2.23. The van der Waals surface area contributed by atoms with Gasteiger partial charge in [0.15, 0.2) is 0 Å². The van der Waals surface area contributed by atoms with E-state index < -0.39 is 0 Å². The molecule has 3 rings (SSSR count). The molecular formula is C15H22ClN3. The maximum Gasteiger partial charge on any atom is 0.131 e. The van der Waals surface area contributed by atoms with Crippen molar-refractivity contribution in [3.05, 3.63) is 23.4 Å². The second-order valence-corrected chi connectivity index (χ2v) is 6.14. The molecule has 0 saturated carbocycles. The van der Waals surface area contributed by atoms with Gasteiger partial charge in [-0.3, -0.25) is 0 Å². The highest BCUT2D eigenvalue weighted by molar-refractivity contribution is 6.29. The molecule has 19 heavy (non-hydrogen) atoms. The lowest BCUT2D eigenvalue weighted by molar-refractivity contribution is 0.249. The maximum absolute atomic E-state index is 5.96. The van der Waals surface area contributed by atoms with Crippen LogP contribution in [0.25, 0.3) is 0 Å². The molecule has 0 aromatic carbocycles. The fourth-order valence-electron chi connectivity index (χ4n) is 3.25. The summed E-state index contributed by atoms with van der Waals surface area (Å²) in [6, 6.07) is 5.89. The summed E-state index contributed by atoms with van der Waals surface area (Å²) in [6.07, 6.45) is 5.35. The predicted molar refractivity (Wildman–Crippen MR) is 79.9 cm³/mol. The smallest absolute Gasteiger partial charge is 0.131 e. The summed E-state index contributed by atoms with van der Waals surface area (Å²) in [7, 11) is 0. The number of rotatable bonds is 3. The molecule has 0 radical (unpaired) electrons. The summed E-state index contributed by atoms with van der Waals surface area (Å²) in [4.78, 5) is 9.41. The number of likely N-dealkylation sites (tertiary alicyclic amines) is 1. The summed E-state index contributed by atoms with van der Waals surface area (Å²) in [5, 5.41) is 0.594. The third-order valence-corrected chi connectivity index (χ3v) is 4.56. The van der Waals surface area contributed by atoms with Crippen LogP contribution in [0, 0.1) is 5.92 Å². The van der Waals surface area contributed by atoms with Gasteiger partial charge in [0.1, 0.15) is 11.0 Å². The molecule has 3 heterocycles. The molecule has 0 amide bonds. The molecule has 0 unspecified atom stereocenters. The molecule has 2 saturated heterocycles. The molecule has 104 valence electrons. The van der Waals surface area contributed by atoms with Gasteiger partial charge in [-0.2, -0.15) is 0 Å². The Morgan fingerprint density at radius 2 is 1.84 bits per heavy atom. The average Bonchev–Trinajstić information content (AvgIpc) is 2.92. The van der Waals surface area contributed by atoms with Gasteiger partial charge in [-0.1, -0.05) is 17.7 Å². The topological polar surface area (TPSA) is 19.4 Å². The number of nitrogens with zero attached hydrogens (tertiary/aromatic N) is 3. The quantitative estimate of drug-likeness (QED) is 0.793. The number of anilines is 1. The molecule has 0 atom stereocenters. The SMILES string of the molecule is Clc1cccc(N2CCC(CN3CCCC3)CC2)n1. The third-order valence-electron chi connectivity index (χ3n) is 4.35. The van der Waals surface area contributed by atoms with Gasteiger partial charge in [-0.25, -0.2) is 4.98 Å². The van der Waals surface area contributed by atoms with Crippen LogP contribution in [-0.2, 0) is 0 Å². The van der Waals surface area contributed by atoms with Crippen molar-refractivity contribution in [2.24, 2.45) is 5.92 Å². The molecular weight excluding hydrogens is 258 g/mol. The van der Waals surface area contributed by atoms with Gasteiger partial charge in [0.25, 0.3) is 0 Å². The number of hydrogen-bond donors (Lipinski definition) is 0. The van der Waals surface area contributed by atoms with Gasteiger partial charge >= 0.3 is 0 Å². The van der Waals surface area contributed by atoms with Crippen LogP contribution < -0.4 is 4.90 Å². The van der Waals surface area contributed by atoms with Gasteiger partial charge in [0.05, 0.1) is 0 Å². The summed E-state index contributed by atoms with van der Waals surface area (Å²) in [6.45, 7) is 6.17. The van der Waals surface area contributed by atoms with E-state index in [1.165, 1.54) is 45.3 Å². The van der Waals surface area contributed by atoms with Crippen LogP contribution in [0.1, 0.15) is 25.7 Å². The van der Waals surface area contributed by atoms with Crippen molar-refractivity contribution < 1.29 is 0 Å².